The van der Waals surface area contributed by atoms with Crippen LogP contribution < -0.4 is 0 Å². The van der Waals surface area contributed by atoms with E-state index in [1.165, 1.54) is 6.92 Å². The molecule has 0 bridgehead atoms. The van der Waals surface area contributed by atoms with Crippen molar-refractivity contribution in [1.29, 1.82) is 0 Å². The highest BCUT2D eigenvalue weighted by molar-refractivity contribution is 5.66. The summed E-state index contributed by atoms with van der Waals surface area (Å²) in [5, 5.41) is 7.72. The Morgan fingerprint density at radius 1 is 1.36 bits per heavy atom. The minimum absolute atomic E-state index is 0.185. The number of ether oxygens (including phenoxy) is 1. The molecule has 0 fully saturated rings. The number of hydrogen-bond donors (Lipinski definition) is 1. The molecular formula is C10H20O4. The van der Waals surface area contributed by atoms with Crippen molar-refractivity contribution in [3.8, 4) is 0 Å². The molecule has 84 valence electrons. The molecule has 4 nitrogen and oxygen atoms in total. The molecule has 0 heterocycles. The van der Waals surface area contributed by atoms with E-state index in [1.807, 2.05) is 0 Å². The standard InChI is InChI=1S/C7H14O2.C3H6O2/c1-6(2)4-5-9-7(3)8;1-2-3(4)5/h6H,4-5H2,1-3H3;2H2,1H3,(H,4,5). The van der Waals surface area contributed by atoms with Crippen molar-refractivity contribution < 1.29 is 19.4 Å². The minimum Gasteiger partial charge on any atom is -0.481 e. The summed E-state index contributed by atoms with van der Waals surface area (Å²) in [5.41, 5.74) is 0. The van der Waals surface area contributed by atoms with Crippen molar-refractivity contribution >= 4 is 11.9 Å². The molecule has 0 saturated heterocycles. The topological polar surface area (TPSA) is 63.6 Å². The maximum Gasteiger partial charge on any atom is 0.303 e. The van der Waals surface area contributed by atoms with Crippen LogP contribution in [0.5, 0.6) is 0 Å². The summed E-state index contributed by atoms with van der Waals surface area (Å²) in [7, 11) is 0. The lowest BCUT2D eigenvalue weighted by atomic mass is 10.1. The molecule has 1 N–H and O–H groups in total. The van der Waals surface area contributed by atoms with Gasteiger partial charge < -0.3 is 9.84 Å². The normalized spacial score (nSPS) is 8.93. The zero-order valence-corrected chi connectivity index (χ0v) is 9.37. The van der Waals surface area contributed by atoms with Gasteiger partial charge in [-0.1, -0.05) is 20.8 Å². The highest BCUT2D eigenvalue weighted by atomic mass is 16.5. The first kappa shape index (κ1) is 15.4. The van der Waals surface area contributed by atoms with Gasteiger partial charge in [0.2, 0.25) is 0 Å². The zero-order valence-electron chi connectivity index (χ0n) is 9.37. The summed E-state index contributed by atoms with van der Waals surface area (Å²) in [6.45, 7) is 7.79. The van der Waals surface area contributed by atoms with Gasteiger partial charge in [0.15, 0.2) is 0 Å². The van der Waals surface area contributed by atoms with Gasteiger partial charge in [-0.3, -0.25) is 9.59 Å². The second-order valence-electron chi connectivity index (χ2n) is 3.27. The van der Waals surface area contributed by atoms with Crippen molar-refractivity contribution in [1.82, 2.24) is 0 Å². The summed E-state index contributed by atoms with van der Waals surface area (Å²) in [4.78, 5) is 19.6. The van der Waals surface area contributed by atoms with E-state index < -0.39 is 5.97 Å². The van der Waals surface area contributed by atoms with Crippen LogP contribution in [0.15, 0.2) is 0 Å². The fraction of sp³-hybridized carbons (Fsp3) is 0.800. The van der Waals surface area contributed by atoms with Crippen molar-refractivity contribution in [3.05, 3.63) is 0 Å². The van der Waals surface area contributed by atoms with E-state index in [4.69, 9.17) is 9.84 Å². The van der Waals surface area contributed by atoms with E-state index in [-0.39, 0.29) is 12.4 Å². The lowest BCUT2D eigenvalue weighted by Crippen LogP contribution is -2.02. The van der Waals surface area contributed by atoms with Crippen LogP contribution in [0.1, 0.15) is 40.5 Å². The molecule has 14 heavy (non-hydrogen) atoms. The van der Waals surface area contributed by atoms with E-state index in [9.17, 15) is 9.59 Å². The van der Waals surface area contributed by atoms with Gasteiger partial charge in [-0.25, -0.2) is 0 Å². The number of esters is 1. The summed E-state index contributed by atoms with van der Waals surface area (Å²) >= 11 is 0. The molecule has 0 atom stereocenters. The quantitative estimate of drug-likeness (QED) is 0.712. The number of hydrogen-bond acceptors (Lipinski definition) is 3. The predicted octanol–water partition coefficient (Wildman–Crippen LogP) is 2.08. The van der Waals surface area contributed by atoms with Gasteiger partial charge >= 0.3 is 11.9 Å². The molecule has 0 saturated carbocycles. The third-order valence-electron chi connectivity index (χ3n) is 1.30. The Hall–Kier alpha value is -1.06. The second-order valence-corrected chi connectivity index (χ2v) is 3.27. The summed E-state index contributed by atoms with van der Waals surface area (Å²) in [6.07, 6.45) is 1.18. The third-order valence-corrected chi connectivity index (χ3v) is 1.30. The first-order chi connectivity index (χ1) is 6.40. The first-order valence-electron chi connectivity index (χ1n) is 4.75. The van der Waals surface area contributed by atoms with Gasteiger partial charge in [0, 0.05) is 13.3 Å². The number of carbonyl (C=O) groups excluding carboxylic acids is 1. The highest BCUT2D eigenvalue weighted by Crippen LogP contribution is 1.98. The SMILES string of the molecule is CC(=O)OCCC(C)C.CCC(=O)O. The van der Waals surface area contributed by atoms with Crippen LogP contribution in [-0.4, -0.2) is 23.7 Å². The average molecular weight is 204 g/mol. The van der Waals surface area contributed by atoms with Gasteiger partial charge in [0.05, 0.1) is 6.61 Å². The highest BCUT2D eigenvalue weighted by Gasteiger charge is 1.94. The molecular weight excluding hydrogens is 184 g/mol. The van der Waals surface area contributed by atoms with Crippen LogP contribution in [0.25, 0.3) is 0 Å². The number of rotatable bonds is 4. The monoisotopic (exact) mass is 204 g/mol. The molecule has 0 amide bonds. The Kier molecular flexibility index (Phi) is 11.0. The third kappa shape index (κ3) is 22.4. The fourth-order valence-electron chi connectivity index (χ4n) is 0.438. The number of carboxylic acids is 1. The molecule has 4 heteroatoms. The fourth-order valence-corrected chi connectivity index (χ4v) is 0.438. The zero-order chi connectivity index (χ0) is 11.6. The Balaban J connectivity index is 0. The Labute approximate surface area is 85.3 Å². The molecule has 0 aliphatic rings. The molecule has 0 rings (SSSR count). The van der Waals surface area contributed by atoms with Crippen LogP contribution in [0.4, 0.5) is 0 Å². The minimum atomic E-state index is -0.745. The van der Waals surface area contributed by atoms with Gasteiger partial charge in [0.25, 0.3) is 0 Å². The van der Waals surface area contributed by atoms with Gasteiger partial charge in [0.1, 0.15) is 0 Å². The van der Waals surface area contributed by atoms with Crippen molar-refractivity contribution in [3.63, 3.8) is 0 Å². The predicted molar refractivity (Wildman–Crippen MR) is 54.0 cm³/mol. The Morgan fingerprint density at radius 3 is 2.00 bits per heavy atom. The molecule has 0 spiro atoms. The largest absolute Gasteiger partial charge is 0.481 e. The van der Waals surface area contributed by atoms with Crippen molar-refractivity contribution in [2.24, 2.45) is 5.92 Å². The van der Waals surface area contributed by atoms with Crippen LogP contribution in [0, 0.1) is 5.92 Å². The summed E-state index contributed by atoms with van der Waals surface area (Å²) in [5.74, 6) is -0.315. The van der Waals surface area contributed by atoms with Gasteiger partial charge in [-0.05, 0) is 12.3 Å². The van der Waals surface area contributed by atoms with Gasteiger partial charge in [-0.2, -0.15) is 0 Å². The lowest BCUT2D eigenvalue weighted by molar-refractivity contribution is -0.141. The summed E-state index contributed by atoms with van der Waals surface area (Å²) < 4.78 is 4.71. The van der Waals surface area contributed by atoms with E-state index in [0.717, 1.165) is 6.42 Å². The van der Waals surface area contributed by atoms with Crippen molar-refractivity contribution in [2.75, 3.05) is 6.61 Å². The molecule has 0 aliphatic heterocycles. The number of carboxylic acid groups (broad SMARTS) is 1. The Bertz CT molecular complexity index is 164. The second kappa shape index (κ2) is 10.0. The van der Waals surface area contributed by atoms with Crippen LogP contribution in [-0.2, 0) is 14.3 Å². The van der Waals surface area contributed by atoms with Crippen LogP contribution in [0.3, 0.4) is 0 Å². The van der Waals surface area contributed by atoms with Crippen LogP contribution >= 0.6 is 0 Å². The first-order valence-corrected chi connectivity index (χ1v) is 4.75. The maximum absolute atomic E-state index is 10.2. The van der Waals surface area contributed by atoms with E-state index in [0.29, 0.717) is 12.5 Å². The Morgan fingerprint density at radius 2 is 1.79 bits per heavy atom. The lowest BCUT2D eigenvalue weighted by Gasteiger charge is -2.02. The smallest absolute Gasteiger partial charge is 0.303 e. The maximum atomic E-state index is 10.2. The molecule has 0 unspecified atom stereocenters. The number of carbonyl (C=O) groups is 2. The van der Waals surface area contributed by atoms with E-state index >= 15 is 0 Å². The van der Waals surface area contributed by atoms with Crippen LogP contribution in [0.2, 0.25) is 0 Å². The van der Waals surface area contributed by atoms with Gasteiger partial charge in [-0.15, -0.1) is 0 Å². The average Bonchev–Trinajstić information content (AvgIpc) is 2.04. The van der Waals surface area contributed by atoms with E-state index in [1.54, 1.807) is 6.92 Å². The molecule has 0 aromatic carbocycles. The summed E-state index contributed by atoms with van der Waals surface area (Å²) in [6, 6.07) is 0. The van der Waals surface area contributed by atoms with Crippen molar-refractivity contribution in [2.45, 2.75) is 40.5 Å². The molecule has 0 aliphatic carbocycles. The van der Waals surface area contributed by atoms with E-state index in [2.05, 4.69) is 13.8 Å². The molecule has 0 aromatic heterocycles. The molecule has 0 radical (unpaired) electrons. The number of aliphatic carboxylic acids is 1. The molecule has 0 aromatic rings.